The van der Waals surface area contributed by atoms with Gasteiger partial charge in [0.2, 0.25) is 0 Å². The minimum atomic E-state index is -0.342. The molecule has 1 aliphatic rings. The van der Waals surface area contributed by atoms with E-state index in [2.05, 4.69) is 11.4 Å². The highest BCUT2D eigenvalue weighted by molar-refractivity contribution is 6.31. The molecule has 0 atom stereocenters. The molecule has 4 aromatic rings. The number of aromatic nitrogens is 2. The number of amides is 1. The molecule has 0 aliphatic heterocycles. The lowest BCUT2D eigenvalue weighted by atomic mass is 9.95. The van der Waals surface area contributed by atoms with Gasteiger partial charge in [0.1, 0.15) is 24.0 Å². The number of halogens is 1. The Morgan fingerprint density at radius 1 is 1.03 bits per heavy atom. The fourth-order valence-corrected chi connectivity index (χ4v) is 4.92. The number of nitrogens with one attached hydrogen (secondary N) is 1. The number of hydrogen-bond donors (Lipinski definition) is 1. The van der Waals surface area contributed by atoms with Gasteiger partial charge in [-0.15, -0.1) is 0 Å². The van der Waals surface area contributed by atoms with E-state index in [1.54, 1.807) is 10.8 Å². The van der Waals surface area contributed by atoms with Crippen molar-refractivity contribution in [3.8, 4) is 28.8 Å². The van der Waals surface area contributed by atoms with Gasteiger partial charge in [-0.3, -0.25) is 4.79 Å². The van der Waals surface area contributed by atoms with Crippen LogP contribution in [0.1, 0.15) is 43.2 Å². The normalized spacial score (nSPS) is 14.0. The second kappa shape index (κ2) is 12.5. The molecule has 7 heteroatoms. The maximum Gasteiger partial charge on any atom is 0.262 e. The number of para-hydroxylation sites is 1. The Morgan fingerprint density at radius 3 is 2.46 bits per heavy atom. The first kappa shape index (κ1) is 26.3. The highest BCUT2D eigenvalue weighted by Crippen LogP contribution is 2.28. The summed E-state index contributed by atoms with van der Waals surface area (Å²) in [6.07, 6.45) is 8.77. The monoisotopic (exact) mass is 536 g/mol. The zero-order chi connectivity index (χ0) is 27.0. The van der Waals surface area contributed by atoms with Crippen LogP contribution in [-0.2, 0) is 11.4 Å². The van der Waals surface area contributed by atoms with Crippen molar-refractivity contribution < 1.29 is 9.53 Å². The maximum atomic E-state index is 13.0. The van der Waals surface area contributed by atoms with Crippen molar-refractivity contribution in [2.45, 2.75) is 44.8 Å². The second-order valence-corrected chi connectivity index (χ2v) is 10.0. The predicted molar refractivity (Wildman–Crippen MR) is 153 cm³/mol. The average molecular weight is 537 g/mol. The molecule has 0 spiro atoms. The van der Waals surface area contributed by atoms with E-state index in [9.17, 15) is 10.1 Å². The molecule has 1 aromatic heterocycles. The number of nitrogens with zero attached hydrogens (tertiary/aromatic N) is 3. The minimum Gasteiger partial charge on any atom is -0.489 e. The van der Waals surface area contributed by atoms with E-state index in [-0.39, 0.29) is 17.5 Å². The van der Waals surface area contributed by atoms with Crippen LogP contribution in [0.5, 0.6) is 5.75 Å². The first-order valence-electron chi connectivity index (χ1n) is 13.1. The third-order valence-corrected chi connectivity index (χ3v) is 7.22. The van der Waals surface area contributed by atoms with Gasteiger partial charge in [0.05, 0.1) is 11.4 Å². The number of carbonyl (C=O) groups is 1. The summed E-state index contributed by atoms with van der Waals surface area (Å²) >= 11 is 6.25. The smallest absolute Gasteiger partial charge is 0.262 e. The molecule has 3 aromatic carbocycles. The van der Waals surface area contributed by atoms with Gasteiger partial charge < -0.3 is 10.1 Å². The average Bonchev–Trinajstić information content (AvgIpc) is 3.40. The molecular weight excluding hydrogens is 508 g/mol. The Hall–Kier alpha value is -4.34. The summed E-state index contributed by atoms with van der Waals surface area (Å²) in [5.41, 5.74) is 4.03. The maximum absolute atomic E-state index is 13.0. The zero-order valence-electron chi connectivity index (χ0n) is 21.5. The summed E-state index contributed by atoms with van der Waals surface area (Å²) in [5, 5.41) is 18.4. The molecule has 1 heterocycles. The van der Waals surface area contributed by atoms with Crippen LogP contribution in [0.25, 0.3) is 23.0 Å². The molecule has 6 nitrogen and oxygen atoms in total. The Kier molecular flexibility index (Phi) is 8.40. The Morgan fingerprint density at radius 2 is 1.74 bits per heavy atom. The fourth-order valence-electron chi connectivity index (χ4n) is 4.73. The van der Waals surface area contributed by atoms with E-state index >= 15 is 0 Å². The van der Waals surface area contributed by atoms with Gasteiger partial charge >= 0.3 is 0 Å². The van der Waals surface area contributed by atoms with Crippen LogP contribution in [0.4, 0.5) is 0 Å². The SMILES string of the molecule is N#CC(=Cc1cn(-c2ccccc2)nc1-c1ccc(OCc2ccccc2Cl)cc1)C(=O)NC1CCCCC1. The van der Waals surface area contributed by atoms with Crippen LogP contribution in [0, 0.1) is 11.3 Å². The van der Waals surface area contributed by atoms with Gasteiger partial charge in [0, 0.05) is 34.0 Å². The molecular formula is C32H29ClN4O2. The van der Waals surface area contributed by atoms with E-state index in [0.717, 1.165) is 42.5 Å². The van der Waals surface area contributed by atoms with Crippen LogP contribution < -0.4 is 10.1 Å². The third kappa shape index (κ3) is 6.57. The van der Waals surface area contributed by atoms with Crippen molar-refractivity contribution in [1.82, 2.24) is 15.1 Å². The van der Waals surface area contributed by atoms with Crippen molar-refractivity contribution in [3.05, 3.63) is 107 Å². The molecule has 0 bridgehead atoms. The second-order valence-electron chi connectivity index (χ2n) is 9.60. The standard InChI is InChI=1S/C32H29ClN4O2/c33-30-14-8-7-9-24(30)22-39-29-17-15-23(16-18-29)31-26(21-37(36-31)28-12-5-2-6-13-28)19-25(20-34)32(38)35-27-10-3-1-4-11-27/h2,5-9,12-19,21,27H,1,3-4,10-11,22H2,(H,35,38). The van der Waals surface area contributed by atoms with Crippen LogP contribution in [-0.4, -0.2) is 21.7 Å². The van der Waals surface area contributed by atoms with E-state index in [4.69, 9.17) is 21.4 Å². The number of hydrogen-bond acceptors (Lipinski definition) is 4. The Bertz CT molecular complexity index is 1500. The van der Waals surface area contributed by atoms with Gasteiger partial charge in [-0.25, -0.2) is 4.68 Å². The van der Waals surface area contributed by atoms with Crippen molar-refractivity contribution >= 4 is 23.6 Å². The van der Waals surface area contributed by atoms with Crippen molar-refractivity contribution in [1.29, 1.82) is 5.26 Å². The molecule has 0 unspecified atom stereocenters. The third-order valence-electron chi connectivity index (χ3n) is 6.85. The summed E-state index contributed by atoms with van der Waals surface area (Å²) in [4.78, 5) is 13.0. The number of nitriles is 1. The lowest BCUT2D eigenvalue weighted by molar-refractivity contribution is -0.117. The number of benzene rings is 3. The number of rotatable bonds is 8. The van der Waals surface area contributed by atoms with Crippen LogP contribution in [0.15, 0.2) is 90.6 Å². The minimum absolute atomic E-state index is 0.0640. The Labute approximate surface area is 233 Å². The highest BCUT2D eigenvalue weighted by atomic mass is 35.5. The molecule has 5 rings (SSSR count). The number of carbonyl (C=O) groups excluding carboxylic acids is 1. The first-order valence-corrected chi connectivity index (χ1v) is 13.5. The van der Waals surface area contributed by atoms with Crippen LogP contribution in [0.2, 0.25) is 5.02 Å². The van der Waals surface area contributed by atoms with Crippen molar-refractivity contribution in [2.24, 2.45) is 0 Å². The lowest BCUT2D eigenvalue weighted by Crippen LogP contribution is -2.36. The van der Waals surface area contributed by atoms with Crippen LogP contribution >= 0.6 is 11.6 Å². The van der Waals surface area contributed by atoms with E-state index in [1.807, 2.05) is 85.1 Å². The summed E-state index contributed by atoms with van der Waals surface area (Å²) < 4.78 is 7.70. The molecule has 1 N–H and O–H groups in total. The van der Waals surface area contributed by atoms with Gasteiger partial charge in [0.15, 0.2) is 0 Å². The van der Waals surface area contributed by atoms with Gasteiger partial charge in [-0.2, -0.15) is 10.4 Å². The van der Waals surface area contributed by atoms with Crippen molar-refractivity contribution in [2.75, 3.05) is 0 Å². The molecule has 1 aliphatic carbocycles. The van der Waals surface area contributed by atoms with Crippen LogP contribution in [0.3, 0.4) is 0 Å². The zero-order valence-corrected chi connectivity index (χ0v) is 22.3. The molecule has 39 heavy (non-hydrogen) atoms. The fraction of sp³-hybridized carbons (Fsp3) is 0.219. The molecule has 0 radical (unpaired) electrons. The lowest BCUT2D eigenvalue weighted by Gasteiger charge is -2.22. The topological polar surface area (TPSA) is 79.9 Å². The summed E-state index contributed by atoms with van der Waals surface area (Å²) in [6.45, 7) is 0.358. The molecule has 1 amide bonds. The highest BCUT2D eigenvalue weighted by Gasteiger charge is 2.20. The van der Waals surface area contributed by atoms with Gasteiger partial charge in [0.25, 0.3) is 5.91 Å². The molecule has 1 saturated carbocycles. The van der Waals surface area contributed by atoms with Gasteiger partial charge in [-0.1, -0.05) is 67.3 Å². The van der Waals surface area contributed by atoms with E-state index in [1.165, 1.54) is 6.42 Å². The number of ether oxygens (including phenoxy) is 1. The largest absolute Gasteiger partial charge is 0.489 e. The summed E-state index contributed by atoms with van der Waals surface area (Å²) in [7, 11) is 0. The molecule has 1 fully saturated rings. The summed E-state index contributed by atoms with van der Waals surface area (Å²) in [5.74, 6) is 0.356. The Balaban J connectivity index is 1.42. The molecule has 196 valence electrons. The van der Waals surface area contributed by atoms with E-state index in [0.29, 0.717) is 28.6 Å². The van der Waals surface area contributed by atoms with Crippen molar-refractivity contribution in [3.63, 3.8) is 0 Å². The van der Waals surface area contributed by atoms with E-state index < -0.39 is 0 Å². The quantitative estimate of drug-likeness (QED) is 0.192. The molecule has 0 saturated heterocycles. The summed E-state index contributed by atoms with van der Waals surface area (Å²) in [6, 6.07) is 27.1. The predicted octanol–water partition coefficient (Wildman–Crippen LogP) is 7.13. The van der Waals surface area contributed by atoms with Gasteiger partial charge in [-0.05, 0) is 61.4 Å². The first-order chi connectivity index (χ1) is 19.1.